The van der Waals surface area contributed by atoms with Crippen LogP contribution >= 0.6 is 0 Å². The zero-order chi connectivity index (χ0) is 23.8. The molecule has 3 heterocycles. The Morgan fingerprint density at radius 1 is 1.16 bits per heavy atom. The normalized spacial score (nSPS) is 12.5. The number of amides is 2. The van der Waals surface area contributed by atoms with Gasteiger partial charge in [0.25, 0.3) is 0 Å². The van der Waals surface area contributed by atoms with Gasteiger partial charge in [0.15, 0.2) is 0 Å². The van der Waals surface area contributed by atoms with Gasteiger partial charge in [-0.2, -0.15) is 0 Å². The third-order valence-electron chi connectivity index (χ3n) is 5.09. The van der Waals surface area contributed by atoms with Crippen LogP contribution in [0, 0.1) is 20.8 Å². The van der Waals surface area contributed by atoms with Gasteiger partial charge in [0.1, 0.15) is 29.5 Å². The number of nitrogens with one attached hydrogen (secondary N) is 1. The van der Waals surface area contributed by atoms with Crippen LogP contribution in [0.3, 0.4) is 0 Å². The molecule has 1 unspecified atom stereocenters. The molecule has 0 saturated carbocycles. The van der Waals surface area contributed by atoms with Gasteiger partial charge < -0.3 is 14.5 Å². The lowest BCUT2D eigenvalue weighted by Gasteiger charge is -2.28. The molecule has 1 N–H and O–H groups in total. The quantitative estimate of drug-likeness (QED) is 0.641. The first kappa shape index (κ1) is 23.2. The number of carbonyl (C=O) groups excluding carboxylic acids is 2. The van der Waals surface area contributed by atoms with Gasteiger partial charge in [0, 0.05) is 23.9 Å². The predicted octanol–water partition coefficient (Wildman–Crippen LogP) is 4.40. The van der Waals surface area contributed by atoms with Crippen LogP contribution in [-0.2, 0) is 9.53 Å². The second kappa shape index (κ2) is 8.57. The molecule has 32 heavy (non-hydrogen) atoms. The highest BCUT2D eigenvalue weighted by atomic mass is 16.6. The Balaban J connectivity index is 1.87. The zero-order valence-electron chi connectivity index (χ0n) is 19.7. The molecule has 9 nitrogen and oxygen atoms in total. The molecule has 0 spiro atoms. The molecule has 0 saturated heterocycles. The first-order chi connectivity index (χ1) is 14.9. The smallest absolute Gasteiger partial charge is 0.410 e. The Hall–Kier alpha value is -3.49. The average Bonchev–Trinajstić information content (AvgIpc) is 2.99. The summed E-state index contributed by atoms with van der Waals surface area (Å²) in [7, 11) is 1.52. The minimum absolute atomic E-state index is 0.360. The molecule has 0 aliphatic carbocycles. The molecule has 3 aromatic rings. The summed E-state index contributed by atoms with van der Waals surface area (Å²) in [4.78, 5) is 39.4. The number of hydrogen-bond donors (Lipinski definition) is 1. The highest BCUT2D eigenvalue weighted by Gasteiger charge is 2.27. The minimum atomic E-state index is -0.764. The Morgan fingerprint density at radius 2 is 1.84 bits per heavy atom. The fourth-order valence-corrected chi connectivity index (χ4v) is 3.17. The van der Waals surface area contributed by atoms with Crippen LogP contribution in [0.25, 0.3) is 22.4 Å². The van der Waals surface area contributed by atoms with E-state index < -0.39 is 17.7 Å². The molecule has 0 aliphatic heterocycles. The molecule has 3 rings (SSSR count). The molecule has 9 heteroatoms. The van der Waals surface area contributed by atoms with E-state index >= 15 is 0 Å². The Bertz CT molecular complexity index is 1180. The van der Waals surface area contributed by atoms with Crippen molar-refractivity contribution in [3.05, 3.63) is 35.5 Å². The van der Waals surface area contributed by atoms with Gasteiger partial charge in [-0.15, -0.1) is 0 Å². The summed E-state index contributed by atoms with van der Waals surface area (Å²) in [5.41, 5.74) is 3.00. The lowest BCUT2D eigenvalue weighted by atomic mass is 10.1. The first-order valence-electron chi connectivity index (χ1n) is 10.3. The van der Waals surface area contributed by atoms with Crippen molar-refractivity contribution in [2.24, 2.45) is 0 Å². The predicted molar refractivity (Wildman–Crippen MR) is 121 cm³/mol. The van der Waals surface area contributed by atoms with Crippen LogP contribution in [0.4, 0.5) is 10.6 Å². The maximum atomic E-state index is 12.8. The third-order valence-corrected chi connectivity index (χ3v) is 5.09. The number of likely N-dealkylation sites (N-methyl/N-ethyl adjacent to an activating group) is 1. The van der Waals surface area contributed by atoms with Gasteiger partial charge in [0.05, 0.1) is 11.1 Å². The third kappa shape index (κ3) is 4.87. The highest BCUT2D eigenvalue weighted by molar-refractivity contribution is 5.97. The highest BCUT2D eigenvalue weighted by Crippen LogP contribution is 2.32. The topological polar surface area (TPSA) is 110 Å². The van der Waals surface area contributed by atoms with Crippen LogP contribution in [0.5, 0.6) is 0 Å². The minimum Gasteiger partial charge on any atom is -0.444 e. The van der Waals surface area contributed by atoms with Crippen LogP contribution < -0.4 is 5.32 Å². The SMILES string of the molecule is Cc1cc(-c2ncnc3oc(C)c(C)c23)cc(NC(=O)C(C)N(C)C(=O)OC(C)(C)C)n1. The standard InChI is InChI=1S/C23H29N5O4/c1-12-9-16(19-18-13(2)15(4)31-21(18)25-11-24-19)10-17(26-12)27-20(29)14(3)28(8)22(30)32-23(5,6)7/h9-11,14H,1-8H3,(H,26,27,29). The second-order valence-electron chi connectivity index (χ2n) is 8.82. The number of ether oxygens (including phenoxy) is 1. The summed E-state index contributed by atoms with van der Waals surface area (Å²) < 4.78 is 11.1. The molecule has 0 radical (unpaired) electrons. The van der Waals surface area contributed by atoms with E-state index in [1.807, 2.05) is 26.8 Å². The summed E-state index contributed by atoms with van der Waals surface area (Å²) >= 11 is 0. The largest absolute Gasteiger partial charge is 0.444 e. The van der Waals surface area contributed by atoms with Crippen molar-refractivity contribution < 1.29 is 18.7 Å². The molecule has 3 aromatic heterocycles. The molecule has 0 aliphatic rings. The van der Waals surface area contributed by atoms with Crippen molar-refractivity contribution in [2.75, 3.05) is 12.4 Å². The van der Waals surface area contributed by atoms with Crippen molar-refractivity contribution in [3.63, 3.8) is 0 Å². The van der Waals surface area contributed by atoms with E-state index in [0.717, 1.165) is 22.3 Å². The van der Waals surface area contributed by atoms with E-state index in [2.05, 4.69) is 20.3 Å². The number of pyridine rings is 1. The summed E-state index contributed by atoms with van der Waals surface area (Å²) in [6.45, 7) is 12.6. The zero-order valence-corrected chi connectivity index (χ0v) is 19.7. The van der Waals surface area contributed by atoms with Crippen molar-refractivity contribution in [1.29, 1.82) is 0 Å². The Morgan fingerprint density at radius 3 is 2.50 bits per heavy atom. The van der Waals surface area contributed by atoms with Crippen molar-refractivity contribution in [1.82, 2.24) is 19.9 Å². The maximum Gasteiger partial charge on any atom is 0.410 e. The van der Waals surface area contributed by atoms with Gasteiger partial charge >= 0.3 is 6.09 Å². The van der Waals surface area contributed by atoms with Crippen LogP contribution in [0.2, 0.25) is 0 Å². The number of fused-ring (bicyclic) bond motifs is 1. The Kier molecular flexibility index (Phi) is 6.20. The maximum absolute atomic E-state index is 12.8. The molecule has 1 atom stereocenters. The summed E-state index contributed by atoms with van der Waals surface area (Å²) in [6, 6.07) is 2.87. The summed E-state index contributed by atoms with van der Waals surface area (Å²) in [6.07, 6.45) is 0.874. The van der Waals surface area contributed by atoms with Gasteiger partial charge in [-0.3, -0.25) is 9.69 Å². The molecule has 0 bridgehead atoms. The van der Waals surface area contributed by atoms with E-state index in [1.54, 1.807) is 33.8 Å². The number of aromatic nitrogens is 3. The number of hydrogen-bond acceptors (Lipinski definition) is 7. The number of carbonyl (C=O) groups is 2. The molecule has 0 fully saturated rings. The summed E-state index contributed by atoms with van der Waals surface area (Å²) in [5.74, 6) is 0.754. The van der Waals surface area contributed by atoms with E-state index in [1.165, 1.54) is 18.3 Å². The van der Waals surface area contributed by atoms with E-state index in [-0.39, 0.29) is 5.91 Å². The number of nitrogens with zero attached hydrogens (tertiary/aromatic N) is 4. The number of anilines is 1. The van der Waals surface area contributed by atoms with E-state index in [9.17, 15) is 9.59 Å². The molecule has 0 aromatic carbocycles. The first-order valence-corrected chi connectivity index (χ1v) is 10.3. The van der Waals surface area contributed by atoms with Gasteiger partial charge in [-0.25, -0.2) is 19.7 Å². The van der Waals surface area contributed by atoms with E-state index in [0.29, 0.717) is 22.9 Å². The lowest BCUT2D eigenvalue weighted by molar-refractivity contribution is -0.120. The fourth-order valence-electron chi connectivity index (χ4n) is 3.17. The number of furan rings is 1. The Labute approximate surface area is 187 Å². The summed E-state index contributed by atoms with van der Waals surface area (Å²) in [5, 5.41) is 3.62. The lowest BCUT2D eigenvalue weighted by Crippen LogP contribution is -2.45. The monoisotopic (exact) mass is 439 g/mol. The molecular weight excluding hydrogens is 410 g/mol. The van der Waals surface area contributed by atoms with Gasteiger partial charge in [0.2, 0.25) is 11.6 Å². The average molecular weight is 440 g/mol. The molecule has 170 valence electrons. The van der Waals surface area contributed by atoms with Gasteiger partial charge in [-0.1, -0.05) is 0 Å². The van der Waals surface area contributed by atoms with Gasteiger partial charge in [-0.05, 0) is 60.6 Å². The number of rotatable bonds is 4. The second-order valence-corrected chi connectivity index (χ2v) is 8.82. The van der Waals surface area contributed by atoms with Crippen LogP contribution in [-0.4, -0.2) is 50.5 Å². The van der Waals surface area contributed by atoms with E-state index in [4.69, 9.17) is 9.15 Å². The van der Waals surface area contributed by atoms with Crippen molar-refractivity contribution in [3.8, 4) is 11.3 Å². The molecule has 2 amide bonds. The fraction of sp³-hybridized carbons (Fsp3) is 0.435. The number of aryl methyl sites for hydroxylation is 3. The van der Waals surface area contributed by atoms with Crippen molar-refractivity contribution >= 4 is 28.9 Å². The van der Waals surface area contributed by atoms with Crippen molar-refractivity contribution in [2.45, 2.75) is 60.1 Å². The van der Waals surface area contributed by atoms with Crippen LogP contribution in [0.1, 0.15) is 44.7 Å². The van der Waals surface area contributed by atoms with Crippen LogP contribution in [0.15, 0.2) is 22.9 Å². The molecular formula is C23H29N5O4.